The Balaban J connectivity index is 2.24. The first-order valence-corrected chi connectivity index (χ1v) is 7.63. The summed E-state index contributed by atoms with van der Waals surface area (Å²) < 4.78 is 14.3. The Morgan fingerprint density at radius 1 is 0.714 bits per heavy atom. The number of benzene rings is 3. The van der Waals surface area contributed by atoms with Gasteiger partial charge in [0.1, 0.15) is 5.82 Å². The highest BCUT2D eigenvalue weighted by Crippen LogP contribution is 2.38. The van der Waals surface area contributed by atoms with Gasteiger partial charge in [-0.1, -0.05) is 70.0 Å². The van der Waals surface area contributed by atoms with Gasteiger partial charge in [-0.25, -0.2) is 4.39 Å². The van der Waals surface area contributed by atoms with E-state index in [0.29, 0.717) is 5.02 Å². The van der Waals surface area contributed by atoms with Crippen LogP contribution in [0.5, 0.6) is 0 Å². The number of rotatable bonds is 2. The quantitative estimate of drug-likeness (QED) is 0.484. The molecule has 104 valence electrons. The van der Waals surface area contributed by atoms with Crippen LogP contribution in [0.2, 0.25) is 5.02 Å². The van der Waals surface area contributed by atoms with E-state index in [9.17, 15) is 4.39 Å². The smallest absolute Gasteiger partial charge is 0.124 e. The molecule has 0 amide bonds. The van der Waals surface area contributed by atoms with Crippen molar-refractivity contribution in [3.8, 4) is 22.3 Å². The van der Waals surface area contributed by atoms with E-state index in [0.717, 1.165) is 26.7 Å². The third-order valence-electron chi connectivity index (χ3n) is 3.31. The van der Waals surface area contributed by atoms with Crippen molar-refractivity contribution in [3.05, 3.63) is 82.0 Å². The van der Waals surface area contributed by atoms with E-state index >= 15 is 0 Å². The maximum atomic E-state index is 13.3. The molecular formula is C18H11BrClF. The van der Waals surface area contributed by atoms with Crippen LogP contribution in [0.4, 0.5) is 4.39 Å². The van der Waals surface area contributed by atoms with Crippen LogP contribution in [0, 0.1) is 5.82 Å². The fourth-order valence-electron chi connectivity index (χ4n) is 2.34. The van der Waals surface area contributed by atoms with E-state index in [1.54, 1.807) is 6.07 Å². The summed E-state index contributed by atoms with van der Waals surface area (Å²) in [5, 5.41) is 0.412. The van der Waals surface area contributed by atoms with Gasteiger partial charge in [-0.15, -0.1) is 0 Å². The molecule has 3 rings (SSSR count). The van der Waals surface area contributed by atoms with E-state index in [1.165, 1.54) is 12.1 Å². The zero-order valence-electron chi connectivity index (χ0n) is 11.0. The molecule has 0 spiro atoms. The summed E-state index contributed by atoms with van der Waals surface area (Å²) in [4.78, 5) is 0. The fraction of sp³-hybridized carbons (Fsp3) is 0. The van der Waals surface area contributed by atoms with Crippen molar-refractivity contribution in [1.82, 2.24) is 0 Å². The van der Waals surface area contributed by atoms with Gasteiger partial charge in [0.2, 0.25) is 0 Å². The summed E-state index contributed by atoms with van der Waals surface area (Å²) in [6.45, 7) is 0. The molecule has 0 aliphatic heterocycles. The topological polar surface area (TPSA) is 0 Å². The predicted molar refractivity (Wildman–Crippen MR) is 90.0 cm³/mol. The number of hydrogen-bond donors (Lipinski definition) is 0. The minimum Gasteiger partial charge on any atom is -0.207 e. The van der Waals surface area contributed by atoms with Crippen molar-refractivity contribution in [3.63, 3.8) is 0 Å². The first kappa shape index (κ1) is 14.3. The lowest BCUT2D eigenvalue weighted by Gasteiger charge is -2.13. The van der Waals surface area contributed by atoms with Gasteiger partial charge in [0.05, 0.1) is 5.02 Å². The van der Waals surface area contributed by atoms with E-state index in [1.807, 2.05) is 48.5 Å². The highest BCUT2D eigenvalue weighted by atomic mass is 79.9. The lowest BCUT2D eigenvalue weighted by Crippen LogP contribution is -1.87. The van der Waals surface area contributed by atoms with Gasteiger partial charge < -0.3 is 0 Å². The monoisotopic (exact) mass is 360 g/mol. The van der Waals surface area contributed by atoms with Gasteiger partial charge in [-0.3, -0.25) is 0 Å². The van der Waals surface area contributed by atoms with Crippen LogP contribution in [0.25, 0.3) is 22.3 Å². The number of halogens is 3. The molecule has 0 heterocycles. The van der Waals surface area contributed by atoms with Crippen LogP contribution < -0.4 is 0 Å². The molecule has 0 radical (unpaired) electrons. The summed E-state index contributed by atoms with van der Waals surface area (Å²) in [6, 6.07) is 20.5. The lowest BCUT2D eigenvalue weighted by molar-refractivity contribution is 0.628. The largest absolute Gasteiger partial charge is 0.207 e. The van der Waals surface area contributed by atoms with Crippen LogP contribution >= 0.6 is 27.5 Å². The summed E-state index contributed by atoms with van der Waals surface area (Å²) in [7, 11) is 0. The Morgan fingerprint density at radius 2 is 1.29 bits per heavy atom. The molecule has 21 heavy (non-hydrogen) atoms. The van der Waals surface area contributed by atoms with Crippen LogP contribution in [0.3, 0.4) is 0 Å². The second-order valence-corrected chi connectivity index (χ2v) is 5.91. The van der Waals surface area contributed by atoms with Crippen LogP contribution in [-0.4, -0.2) is 0 Å². The standard InChI is InChI=1S/C18H11BrClF/c19-17-8-4-3-7-15(17)13-5-1-2-6-14(13)16-10-9-12(21)11-18(16)20/h1-11H. The van der Waals surface area contributed by atoms with Crippen molar-refractivity contribution in [1.29, 1.82) is 0 Å². The van der Waals surface area contributed by atoms with Gasteiger partial charge in [-0.05, 0) is 41.0 Å². The summed E-state index contributed by atoms with van der Waals surface area (Å²) >= 11 is 9.79. The van der Waals surface area contributed by atoms with E-state index < -0.39 is 0 Å². The van der Waals surface area contributed by atoms with Gasteiger partial charge >= 0.3 is 0 Å². The average Bonchev–Trinajstić information content (AvgIpc) is 2.48. The molecule has 0 saturated carbocycles. The summed E-state index contributed by atoms with van der Waals surface area (Å²) in [6.07, 6.45) is 0. The van der Waals surface area contributed by atoms with Gasteiger partial charge in [-0.2, -0.15) is 0 Å². The lowest BCUT2D eigenvalue weighted by atomic mass is 9.94. The Morgan fingerprint density at radius 3 is 1.90 bits per heavy atom. The van der Waals surface area contributed by atoms with Gasteiger partial charge in [0, 0.05) is 10.0 Å². The second kappa shape index (κ2) is 6.00. The molecular weight excluding hydrogens is 351 g/mol. The third kappa shape index (κ3) is 2.87. The molecule has 0 fully saturated rings. The zero-order valence-corrected chi connectivity index (χ0v) is 13.3. The van der Waals surface area contributed by atoms with Crippen LogP contribution in [-0.2, 0) is 0 Å². The van der Waals surface area contributed by atoms with Crippen molar-refractivity contribution in [2.75, 3.05) is 0 Å². The van der Waals surface area contributed by atoms with Crippen LogP contribution in [0.1, 0.15) is 0 Å². The SMILES string of the molecule is Fc1ccc(-c2ccccc2-c2ccccc2Br)c(Cl)c1. The first-order valence-electron chi connectivity index (χ1n) is 6.46. The summed E-state index contributed by atoms with van der Waals surface area (Å²) in [5.74, 6) is -0.331. The highest BCUT2D eigenvalue weighted by molar-refractivity contribution is 9.10. The first-order chi connectivity index (χ1) is 10.2. The van der Waals surface area contributed by atoms with Gasteiger partial charge in [0.25, 0.3) is 0 Å². The zero-order chi connectivity index (χ0) is 14.8. The minimum atomic E-state index is -0.331. The maximum absolute atomic E-state index is 13.3. The number of hydrogen-bond acceptors (Lipinski definition) is 0. The Labute approximate surface area is 136 Å². The second-order valence-electron chi connectivity index (χ2n) is 4.65. The molecule has 0 unspecified atom stereocenters. The van der Waals surface area contributed by atoms with Crippen molar-refractivity contribution < 1.29 is 4.39 Å². The maximum Gasteiger partial charge on any atom is 0.124 e. The average molecular weight is 362 g/mol. The van der Waals surface area contributed by atoms with E-state index in [-0.39, 0.29) is 5.82 Å². The summed E-state index contributed by atoms with van der Waals surface area (Å²) in [5.41, 5.74) is 3.94. The molecule has 0 nitrogen and oxygen atoms in total. The molecule has 0 aromatic heterocycles. The molecule has 3 aromatic rings. The van der Waals surface area contributed by atoms with Crippen molar-refractivity contribution in [2.24, 2.45) is 0 Å². The fourth-order valence-corrected chi connectivity index (χ4v) is 3.11. The van der Waals surface area contributed by atoms with Crippen molar-refractivity contribution >= 4 is 27.5 Å². The van der Waals surface area contributed by atoms with Gasteiger partial charge in [0.15, 0.2) is 0 Å². The molecule has 0 bridgehead atoms. The van der Waals surface area contributed by atoms with E-state index in [4.69, 9.17) is 11.6 Å². The molecule has 3 heteroatoms. The molecule has 0 saturated heterocycles. The molecule has 0 N–H and O–H groups in total. The highest BCUT2D eigenvalue weighted by Gasteiger charge is 2.12. The molecule has 0 aliphatic rings. The molecule has 0 aliphatic carbocycles. The Bertz CT molecular complexity index is 799. The predicted octanol–water partition coefficient (Wildman–Crippen LogP) is 6.58. The Hall–Kier alpha value is -1.64. The van der Waals surface area contributed by atoms with E-state index in [2.05, 4.69) is 15.9 Å². The minimum absolute atomic E-state index is 0.331. The van der Waals surface area contributed by atoms with Crippen LogP contribution in [0.15, 0.2) is 71.2 Å². The normalized spacial score (nSPS) is 10.6. The third-order valence-corrected chi connectivity index (χ3v) is 4.32. The molecule has 3 aromatic carbocycles. The van der Waals surface area contributed by atoms with Crippen molar-refractivity contribution in [2.45, 2.75) is 0 Å². The molecule has 0 atom stereocenters. The Kier molecular flexibility index (Phi) is 4.09.